The second kappa shape index (κ2) is 7.64. The van der Waals surface area contributed by atoms with Gasteiger partial charge in [0.15, 0.2) is 0 Å². The van der Waals surface area contributed by atoms with Gasteiger partial charge in [-0.2, -0.15) is 0 Å². The first-order valence-corrected chi connectivity index (χ1v) is 9.46. The number of aliphatic hydroxyl groups is 1. The van der Waals surface area contributed by atoms with Gasteiger partial charge in [0.2, 0.25) is 5.91 Å². The van der Waals surface area contributed by atoms with E-state index in [1.54, 1.807) is 4.90 Å². The van der Waals surface area contributed by atoms with Crippen molar-refractivity contribution in [1.29, 1.82) is 0 Å². The third-order valence-corrected chi connectivity index (χ3v) is 5.25. The quantitative estimate of drug-likeness (QED) is 0.712. The fourth-order valence-electron chi connectivity index (χ4n) is 3.74. The van der Waals surface area contributed by atoms with Gasteiger partial charge in [-0.3, -0.25) is 4.79 Å². The molecule has 28 heavy (non-hydrogen) atoms. The predicted octanol–water partition coefficient (Wildman–Crippen LogP) is 3.28. The van der Waals surface area contributed by atoms with Crippen molar-refractivity contribution < 1.29 is 19.0 Å². The largest absolute Gasteiger partial charge is 0.491 e. The Morgan fingerprint density at radius 1 is 1.21 bits per heavy atom. The van der Waals surface area contributed by atoms with Gasteiger partial charge in [0.05, 0.1) is 13.0 Å². The predicted molar refractivity (Wildman–Crippen MR) is 105 cm³/mol. The Morgan fingerprint density at radius 2 is 2.00 bits per heavy atom. The van der Waals surface area contributed by atoms with Gasteiger partial charge in [0.25, 0.3) is 0 Å². The highest BCUT2D eigenvalue weighted by Gasteiger charge is 2.36. The molecule has 1 saturated heterocycles. The van der Waals surface area contributed by atoms with Gasteiger partial charge < -0.3 is 19.7 Å². The number of β-amino-alcohol motifs (C(OH)–C–C–N with tert-alkyl or cyclic N) is 1. The summed E-state index contributed by atoms with van der Waals surface area (Å²) in [4.78, 5) is 17.7. The van der Waals surface area contributed by atoms with Gasteiger partial charge in [-0.15, -0.1) is 0 Å². The lowest BCUT2D eigenvalue weighted by molar-refractivity contribution is -0.139. The van der Waals surface area contributed by atoms with Crippen LogP contribution in [0.1, 0.15) is 18.4 Å². The minimum Gasteiger partial charge on any atom is -0.491 e. The van der Waals surface area contributed by atoms with E-state index < -0.39 is 5.60 Å². The molecule has 1 atom stereocenters. The Balaban J connectivity index is 1.39. The van der Waals surface area contributed by atoms with E-state index in [0.717, 1.165) is 16.5 Å². The second-order valence-corrected chi connectivity index (χ2v) is 7.42. The molecule has 0 radical (unpaired) electrons. The van der Waals surface area contributed by atoms with Crippen LogP contribution >= 0.6 is 0 Å². The number of ether oxygens (including phenoxy) is 1. The number of carbonyl (C=O) groups is 1. The van der Waals surface area contributed by atoms with Gasteiger partial charge in [-0.25, -0.2) is 4.39 Å². The lowest BCUT2D eigenvalue weighted by Crippen LogP contribution is -2.53. The number of hydrogen-bond donors (Lipinski definition) is 2. The van der Waals surface area contributed by atoms with Crippen LogP contribution < -0.4 is 4.74 Å². The molecule has 6 heteroatoms. The molecule has 0 saturated carbocycles. The number of H-pyrrole nitrogens is 1. The van der Waals surface area contributed by atoms with Gasteiger partial charge in [0, 0.05) is 23.6 Å². The number of amides is 1. The summed E-state index contributed by atoms with van der Waals surface area (Å²) in [6, 6.07) is 13.6. The average Bonchev–Trinajstić information content (AvgIpc) is 3.11. The Hall–Kier alpha value is -2.86. The fraction of sp³-hybridized carbons (Fsp3) is 0.318. The number of halogens is 1. The van der Waals surface area contributed by atoms with Crippen LogP contribution in [0.3, 0.4) is 0 Å². The van der Waals surface area contributed by atoms with Crippen molar-refractivity contribution in [2.45, 2.75) is 24.9 Å². The molecule has 1 fully saturated rings. The maximum atomic E-state index is 13.0. The molecule has 2 N–H and O–H groups in total. The third kappa shape index (κ3) is 4.02. The zero-order chi connectivity index (χ0) is 19.6. The minimum atomic E-state index is -1.11. The topological polar surface area (TPSA) is 65.6 Å². The van der Waals surface area contributed by atoms with Crippen LogP contribution in [0.15, 0.2) is 54.7 Å². The summed E-state index contributed by atoms with van der Waals surface area (Å²) < 4.78 is 18.6. The maximum absolute atomic E-state index is 13.0. The monoisotopic (exact) mass is 382 g/mol. The highest BCUT2D eigenvalue weighted by Crippen LogP contribution is 2.25. The van der Waals surface area contributed by atoms with Crippen LogP contribution in [0.5, 0.6) is 5.75 Å². The second-order valence-electron chi connectivity index (χ2n) is 7.42. The molecule has 146 valence electrons. The van der Waals surface area contributed by atoms with Gasteiger partial charge >= 0.3 is 0 Å². The van der Waals surface area contributed by atoms with Crippen LogP contribution in [0.25, 0.3) is 10.9 Å². The van der Waals surface area contributed by atoms with Crippen molar-refractivity contribution in [3.05, 3.63) is 66.1 Å². The molecule has 0 aliphatic carbocycles. The zero-order valence-corrected chi connectivity index (χ0v) is 15.5. The molecule has 2 aromatic carbocycles. The summed E-state index contributed by atoms with van der Waals surface area (Å²) >= 11 is 0. The van der Waals surface area contributed by atoms with E-state index in [0.29, 0.717) is 31.6 Å². The standard InChI is InChI=1S/C22H23FN2O3/c23-17-6-8-18(9-7-17)28-15-22(27)10-3-11-25(14-22)21(26)12-16-13-24-20-5-2-1-4-19(16)20/h1-2,4-9,13,24,27H,3,10-12,14-15H2. The average molecular weight is 382 g/mol. The summed E-state index contributed by atoms with van der Waals surface area (Å²) in [5.41, 5.74) is 0.855. The molecule has 0 spiro atoms. The minimum absolute atomic E-state index is 0.00957. The number of carbonyl (C=O) groups excluding carboxylic acids is 1. The number of rotatable bonds is 5. The number of aromatic amines is 1. The molecule has 4 rings (SSSR count). The Kier molecular flexibility index (Phi) is 5.05. The number of nitrogens with one attached hydrogen (secondary N) is 1. The van der Waals surface area contributed by atoms with Crippen LogP contribution in [0.4, 0.5) is 4.39 Å². The Bertz CT molecular complexity index is 969. The van der Waals surface area contributed by atoms with Crippen molar-refractivity contribution in [2.24, 2.45) is 0 Å². The summed E-state index contributed by atoms with van der Waals surface area (Å²) in [6.45, 7) is 0.922. The number of para-hydroxylation sites is 1. The summed E-state index contributed by atoms with van der Waals surface area (Å²) in [7, 11) is 0. The molecule has 1 aliphatic heterocycles. The number of piperidine rings is 1. The van der Waals surface area contributed by atoms with E-state index in [1.807, 2.05) is 30.5 Å². The van der Waals surface area contributed by atoms with E-state index in [4.69, 9.17) is 4.74 Å². The number of fused-ring (bicyclic) bond motifs is 1. The van der Waals surface area contributed by atoms with Crippen molar-refractivity contribution in [3.8, 4) is 5.75 Å². The van der Waals surface area contributed by atoms with Crippen LogP contribution in [-0.4, -0.2) is 46.2 Å². The molecule has 1 unspecified atom stereocenters. The van der Waals surface area contributed by atoms with Crippen molar-refractivity contribution >= 4 is 16.8 Å². The lowest BCUT2D eigenvalue weighted by Gasteiger charge is -2.39. The molecule has 5 nitrogen and oxygen atoms in total. The van der Waals surface area contributed by atoms with E-state index in [9.17, 15) is 14.3 Å². The summed E-state index contributed by atoms with van der Waals surface area (Å²) in [6.07, 6.45) is 3.43. The van der Waals surface area contributed by atoms with Crippen LogP contribution in [-0.2, 0) is 11.2 Å². The highest BCUT2D eigenvalue weighted by molar-refractivity contribution is 5.88. The Labute approximate surface area is 162 Å². The summed E-state index contributed by atoms with van der Waals surface area (Å²) in [5.74, 6) is 0.152. The maximum Gasteiger partial charge on any atom is 0.227 e. The van der Waals surface area contributed by atoms with Crippen molar-refractivity contribution in [3.63, 3.8) is 0 Å². The van der Waals surface area contributed by atoms with Gasteiger partial charge in [-0.1, -0.05) is 18.2 Å². The van der Waals surface area contributed by atoms with Crippen LogP contribution in [0.2, 0.25) is 0 Å². The normalized spacial score (nSPS) is 19.7. The number of nitrogens with zero attached hydrogens (tertiary/aromatic N) is 1. The molecular weight excluding hydrogens is 359 g/mol. The van der Waals surface area contributed by atoms with Crippen molar-refractivity contribution in [2.75, 3.05) is 19.7 Å². The molecule has 0 bridgehead atoms. The van der Waals surface area contributed by atoms with E-state index >= 15 is 0 Å². The Morgan fingerprint density at radius 3 is 2.82 bits per heavy atom. The number of aromatic nitrogens is 1. The summed E-state index contributed by atoms with van der Waals surface area (Å²) in [5, 5.41) is 11.9. The molecule has 1 amide bonds. The first kappa shape index (κ1) is 18.5. The van der Waals surface area contributed by atoms with Gasteiger partial charge in [-0.05, 0) is 48.7 Å². The van der Waals surface area contributed by atoms with E-state index in [1.165, 1.54) is 24.3 Å². The lowest BCUT2D eigenvalue weighted by atomic mass is 9.93. The van der Waals surface area contributed by atoms with E-state index in [2.05, 4.69) is 4.98 Å². The van der Waals surface area contributed by atoms with Gasteiger partial charge in [0.1, 0.15) is 23.8 Å². The first-order valence-electron chi connectivity index (χ1n) is 9.46. The highest BCUT2D eigenvalue weighted by atomic mass is 19.1. The first-order chi connectivity index (χ1) is 13.5. The SMILES string of the molecule is O=C(Cc1c[nH]c2ccccc12)N1CCCC(O)(COc2ccc(F)cc2)C1. The molecule has 2 heterocycles. The number of likely N-dealkylation sites (tertiary alicyclic amines) is 1. The third-order valence-electron chi connectivity index (χ3n) is 5.25. The molecule has 1 aliphatic rings. The molecule has 1 aromatic heterocycles. The molecular formula is C22H23FN2O3. The molecule has 3 aromatic rings. The number of hydrogen-bond acceptors (Lipinski definition) is 3. The number of benzene rings is 2. The smallest absolute Gasteiger partial charge is 0.227 e. The van der Waals surface area contributed by atoms with Crippen molar-refractivity contribution in [1.82, 2.24) is 9.88 Å². The van der Waals surface area contributed by atoms with Crippen LogP contribution in [0, 0.1) is 5.82 Å². The van der Waals surface area contributed by atoms with E-state index in [-0.39, 0.29) is 24.9 Å². The zero-order valence-electron chi connectivity index (χ0n) is 15.5. The fourth-order valence-corrected chi connectivity index (χ4v) is 3.74.